The van der Waals surface area contributed by atoms with Gasteiger partial charge in [0.05, 0.1) is 11.4 Å². The van der Waals surface area contributed by atoms with Crippen molar-refractivity contribution < 1.29 is 0 Å². The van der Waals surface area contributed by atoms with E-state index in [1.165, 1.54) is 16.7 Å². The van der Waals surface area contributed by atoms with Gasteiger partial charge >= 0.3 is 0 Å². The molecule has 0 bridgehead atoms. The highest BCUT2D eigenvalue weighted by Crippen LogP contribution is 2.50. The van der Waals surface area contributed by atoms with Gasteiger partial charge in [0, 0.05) is 11.1 Å². The lowest BCUT2D eigenvalue weighted by Crippen LogP contribution is -2.59. The molecule has 2 heteroatoms. The molecule has 0 amide bonds. The first-order valence-corrected chi connectivity index (χ1v) is 7.10. The molecule has 2 nitrogen and oxygen atoms in total. The van der Waals surface area contributed by atoms with Crippen LogP contribution in [0.15, 0.2) is 64.7 Å². The number of nitrogens with zero attached hydrogens (tertiary/aromatic N) is 1. The molecule has 0 fully saturated rings. The summed E-state index contributed by atoms with van der Waals surface area (Å²) >= 11 is 0. The van der Waals surface area contributed by atoms with E-state index in [1.54, 1.807) is 0 Å². The highest BCUT2D eigenvalue weighted by molar-refractivity contribution is 6.13. The highest BCUT2D eigenvalue weighted by Gasteiger charge is 2.51. The van der Waals surface area contributed by atoms with Crippen LogP contribution in [0.1, 0.15) is 26.3 Å². The quantitative estimate of drug-likeness (QED) is 0.755. The van der Waals surface area contributed by atoms with E-state index in [1.807, 2.05) is 0 Å². The molecule has 3 aliphatic rings. The van der Waals surface area contributed by atoms with Crippen LogP contribution >= 0.6 is 0 Å². The summed E-state index contributed by atoms with van der Waals surface area (Å²) in [7, 11) is 0. The van der Waals surface area contributed by atoms with E-state index in [9.17, 15) is 0 Å². The molecule has 1 N–H and O–H groups in total. The van der Waals surface area contributed by atoms with Crippen molar-refractivity contribution in [3.05, 3.63) is 65.3 Å². The predicted molar refractivity (Wildman–Crippen MR) is 83.4 cm³/mol. The van der Waals surface area contributed by atoms with Crippen molar-refractivity contribution in [2.75, 3.05) is 0 Å². The van der Waals surface area contributed by atoms with Crippen LogP contribution in [0.25, 0.3) is 0 Å². The molecule has 100 valence electrons. The van der Waals surface area contributed by atoms with Gasteiger partial charge in [-0.05, 0) is 44.1 Å². The molecular weight excluding hydrogens is 244 g/mol. The maximum absolute atomic E-state index is 4.85. The van der Waals surface area contributed by atoms with Crippen LogP contribution in [0.4, 0.5) is 5.69 Å². The molecule has 1 aromatic rings. The summed E-state index contributed by atoms with van der Waals surface area (Å²) < 4.78 is 0. The fraction of sp³-hybridized carbons (Fsp3) is 0.278. The van der Waals surface area contributed by atoms with Crippen molar-refractivity contribution >= 4 is 11.4 Å². The van der Waals surface area contributed by atoms with E-state index < -0.39 is 0 Å². The zero-order valence-electron chi connectivity index (χ0n) is 12.1. The molecule has 20 heavy (non-hydrogen) atoms. The Morgan fingerprint density at radius 1 is 1.15 bits per heavy atom. The molecule has 4 rings (SSSR count). The van der Waals surface area contributed by atoms with E-state index in [2.05, 4.69) is 74.7 Å². The normalized spacial score (nSPS) is 28.9. The lowest BCUT2D eigenvalue weighted by atomic mass is 9.70. The number of aliphatic imine (C=N–C) groups is 1. The number of para-hydroxylation sites is 1. The Morgan fingerprint density at radius 3 is 2.80 bits per heavy atom. The predicted octanol–water partition coefficient (Wildman–Crippen LogP) is 3.79. The molecule has 1 atom stereocenters. The van der Waals surface area contributed by atoms with Gasteiger partial charge in [-0.3, -0.25) is 10.3 Å². The van der Waals surface area contributed by atoms with Crippen molar-refractivity contribution in [1.82, 2.24) is 5.32 Å². The summed E-state index contributed by atoms with van der Waals surface area (Å²) in [5.41, 5.74) is 5.80. The molecule has 2 heterocycles. The molecule has 0 aromatic heterocycles. The van der Waals surface area contributed by atoms with Crippen LogP contribution in [0.2, 0.25) is 0 Å². The zero-order valence-corrected chi connectivity index (χ0v) is 12.1. The van der Waals surface area contributed by atoms with Gasteiger partial charge in [-0.25, -0.2) is 0 Å². The third kappa shape index (κ3) is 1.35. The molecule has 1 spiro atoms. The second-order valence-electron chi connectivity index (χ2n) is 6.38. The first-order chi connectivity index (χ1) is 9.53. The van der Waals surface area contributed by atoms with Gasteiger partial charge in [0.15, 0.2) is 0 Å². The Kier molecular flexibility index (Phi) is 2.13. The average molecular weight is 262 g/mol. The molecule has 1 aliphatic carbocycles. The van der Waals surface area contributed by atoms with Crippen molar-refractivity contribution in [3.63, 3.8) is 0 Å². The average Bonchev–Trinajstić information content (AvgIpc) is 2.70. The third-order valence-corrected chi connectivity index (χ3v) is 4.37. The first-order valence-electron chi connectivity index (χ1n) is 7.10. The molecule has 2 aliphatic heterocycles. The zero-order chi connectivity index (χ0) is 14.0. The van der Waals surface area contributed by atoms with Gasteiger partial charge in [-0.1, -0.05) is 36.4 Å². The Labute approximate surface area is 119 Å². The highest BCUT2D eigenvalue weighted by atomic mass is 15.1. The summed E-state index contributed by atoms with van der Waals surface area (Å²) in [4.78, 5) is 4.85. The maximum atomic E-state index is 4.85. The third-order valence-electron chi connectivity index (χ3n) is 4.37. The number of allylic oxidation sites excluding steroid dienone is 2. The van der Waals surface area contributed by atoms with Crippen molar-refractivity contribution in [2.24, 2.45) is 4.99 Å². The first kappa shape index (κ1) is 11.9. The minimum atomic E-state index is -0.270. The van der Waals surface area contributed by atoms with E-state index in [0.717, 1.165) is 11.4 Å². The van der Waals surface area contributed by atoms with Gasteiger partial charge in [0.2, 0.25) is 0 Å². The second-order valence-corrected chi connectivity index (χ2v) is 6.38. The SMILES string of the molecule is CC1=CC(C)(C)NC23C1=CC=CC2=Nc1ccccc13. The Morgan fingerprint density at radius 2 is 1.95 bits per heavy atom. The number of hydrogen-bond acceptors (Lipinski definition) is 2. The van der Waals surface area contributed by atoms with Gasteiger partial charge in [0.25, 0.3) is 0 Å². The summed E-state index contributed by atoms with van der Waals surface area (Å²) in [5.74, 6) is 0. The molecule has 1 unspecified atom stereocenters. The Hall–Kier alpha value is -1.93. The van der Waals surface area contributed by atoms with Crippen LogP contribution in [0, 0.1) is 0 Å². The fourth-order valence-electron chi connectivity index (χ4n) is 3.81. The van der Waals surface area contributed by atoms with E-state index in [-0.39, 0.29) is 11.1 Å². The van der Waals surface area contributed by atoms with Crippen LogP contribution in [0.5, 0.6) is 0 Å². The topological polar surface area (TPSA) is 24.4 Å². The Bertz CT molecular complexity index is 732. The molecular formula is C18H18N2. The lowest BCUT2D eigenvalue weighted by Gasteiger charge is -2.46. The van der Waals surface area contributed by atoms with Gasteiger partial charge in [-0.15, -0.1) is 0 Å². The fourth-order valence-corrected chi connectivity index (χ4v) is 3.81. The number of nitrogens with one attached hydrogen (secondary N) is 1. The largest absolute Gasteiger partial charge is 0.290 e. The van der Waals surface area contributed by atoms with Crippen molar-refractivity contribution in [1.29, 1.82) is 0 Å². The van der Waals surface area contributed by atoms with Gasteiger partial charge in [-0.2, -0.15) is 0 Å². The Balaban J connectivity index is 2.06. The summed E-state index contributed by atoms with van der Waals surface area (Å²) in [6.45, 7) is 6.64. The smallest absolute Gasteiger partial charge is 0.115 e. The van der Waals surface area contributed by atoms with Crippen molar-refractivity contribution in [2.45, 2.75) is 31.8 Å². The van der Waals surface area contributed by atoms with E-state index in [0.29, 0.717) is 0 Å². The summed E-state index contributed by atoms with van der Waals surface area (Å²) in [6.07, 6.45) is 8.76. The van der Waals surface area contributed by atoms with Crippen LogP contribution in [0.3, 0.4) is 0 Å². The number of rotatable bonds is 0. The van der Waals surface area contributed by atoms with Crippen LogP contribution < -0.4 is 5.32 Å². The number of hydrogen-bond donors (Lipinski definition) is 1. The monoisotopic (exact) mass is 262 g/mol. The van der Waals surface area contributed by atoms with Crippen LogP contribution in [-0.2, 0) is 5.54 Å². The second kappa shape index (κ2) is 3.58. The minimum Gasteiger partial charge on any atom is -0.290 e. The number of benzene rings is 1. The molecule has 0 radical (unpaired) electrons. The maximum Gasteiger partial charge on any atom is 0.115 e. The minimum absolute atomic E-state index is 0.0508. The molecule has 0 saturated carbocycles. The van der Waals surface area contributed by atoms with Gasteiger partial charge < -0.3 is 0 Å². The van der Waals surface area contributed by atoms with Gasteiger partial charge in [0.1, 0.15) is 5.54 Å². The summed E-state index contributed by atoms with van der Waals surface area (Å²) in [5, 5.41) is 3.83. The molecule has 0 saturated heterocycles. The summed E-state index contributed by atoms with van der Waals surface area (Å²) in [6, 6.07) is 8.45. The molecule has 1 aromatic carbocycles. The van der Waals surface area contributed by atoms with E-state index in [4.69, 9.17) is 4.99 Å². The van der Waals surface area contributed by atoms with Crippen molar-refractivity contribution in [3.8, 4) is 0 Å². The van der Waals surface area contributed by atoms with E-state index >= 15 is 0 Å². The van der Waals surface area contributed by atoms with Crippen LogP contribution in [-0.4, -0.2) is 11.3 Å². The lowest BCUT2D eigenvalue weighted by molar-refractivity contribution is 0.370. The standard InChI is InChI=1S/C18H18N2/c1-12-11-17(2,3)20-18-13(12)8-6-10-16(18)19-15-9-5-4-7-14(15)18/h4-11,20H,1-3H3. The number of fused-ring (bicyclic) bond motifs is 1.